The zero-order chi connectivity index (χ0) is 16.2. The molecule has 3 rings (SSSR count). The fourth-order valence-corrected chi connectivity index (χ4v) is 2.90. The van der Waals surface area contributed by atoms with E-state index in [1.807, 2.05) is 30.3 Å². The maximum Gasteiger partial charge on any atom is 0.234 e. The number of fused-ring (bicyclic) bond motifs is 1. The topological polar surface area (TPSA) is 62.3 Å². The van der Waals surface area contributed by atoms with Crippen molar-refractivity contribution < 1.29 is 9.59 Å². The molecule has 1 aromatic heterocycles. The Kier molecular flexibility index (Phi) is 4.37. The maximum atomic E-state index is 12.6. The number of imide groups is 1. The molecule has 2 heterocycles. The van der Waals surface area contributed by atoms with Crippen LogP contribution in [0.2, 0.25) is 0 Å². The third-order valence-corrected chi connectivity index (χ3v) is 4.01. The Morgan fingerprint density at radius 3 is 2.74 bits per heavy atom. The van der Waals surface area contributed by atoms with Crippen LogP contribution in [0.25, 0.3) is 0 Å². The number of carbonyl (C=O) groups excluding carboxylic acids is 2. The van der Waals surface area contributed by atoms with Gasteiger partial charge < -0.3 is 5.32 Å². The quantitative estimate of drug-likeness (QED) is 0.943. The van der Waals surface area contributed by atoms with Gasteiger partial charge in [0, 0.05) is 32.3 Å². The van der Waals surface area contributed by atoms with Gasteiger partial charge in [-0.25, -0.2) is 4.90 Å². The Hall–Kier alpha value is -2.69. The molecule has 0 unspecified atom stereocenters. The van der Waals surface area contributed by atoms with Crippen LogP contribution in [-0.4, -0.2) is 23.3 Å². The first-order chi connectivity index (χ1) is 11.2. The van der Waals surface area contributed by atoms with E-state index in [1.165, 1.54) is 11.8 Å². The molecule has 0 spiro atoms. The molecule has 0 saturated carbocycles. The van der Waals surface area contributed by atoms with Gasteiger partial charge in [0.1, 0.15) is 0 Å². The summed E-state index contributed by atoms with van der Waals surface area (Å²) in [6.45, 7) is 2.27. The Bertz CT molecular complexity index is 728. The van der Waals surface area contributed by atoms with Crippen molar-refractivity contribution in [1.82, 2.24) is 4.98 Å². The molecule has 0 fully saturated rings. The molecule has 5 nitrogen and oxygen atoms in total. The molecule has 0 radical (unpaired) electrons. The number of nitrogens with zero attached hydrogens (tertiary/aromatic N) is 2. The Morgan fingerprint density at radius 2 is 2.00 bits per heavy atom. The molecule has 1 aliphatic heterocycles. The largest absolute Gasteiger partial charge is 0.383 e. The molecule has 23 heavy (non-hydrogen) atoms. The number of aromatic nitrogens is 1. The number of para-hydroxylation sites is 1. The fourth-order valence-electron chi connectivity index (χ4n) is 2.90. The highest BCUT2D eigenvalue weighted by Crippen LogP contribution is 2.34. The molecule has 0 saturated heterocycles. The van der Waals surface area contributed by atoms with E-state index in [2.05, 4.69) is 10.3 Å². The van der Waals surface area contributed by atoms with Crippen molar-refractivity contribution in [2.75, 3.05) is 16.8 Å². The summed E-state index contributed by atoms with van der Waals surface area (Å²) in [4.78, 5) is 29.9. The van der Waals surface area contributed by atoms with E-state index in [4.69, 9.17) is 0 Å². The van der Waals surface area contributed by atoms with Crippen molar-refractivity contribution >= 4 is 23.2 Å². The molecule has 1 aliphatic rings. The number of hydrogen-bond donors (Lipinski definition) is 1. The number of amides is 2. The van der Waals surface area contributed by atoms with E-state index >= 15 is 0 Å². The minimum Gasteiger partial charge on any atom is -0.383 e. The molecule has 5 heteroatoms. The van der Waals surface area contributed by atoms with Crippen molar-refractivity contribution in [2.24, 2.45) is 0 Å². The first-order valence-electron chi connectivity index (χ1n) is 7.75. The zero-order valence-electron chi connectivity index (χ0n) is 13.1. The second-order valence-corrected chi connectivity index (χ2v) is 5.59. The first kappa shape index (κ1) is 15.2. The number of hydrogen-bond acceptors (Lipinski definition) is 4. The monoisotopic (exact) mass is 309 g/mol. The van der Waals surface area contributed by atoms with Crippen molar-refractivity contribution in [3.8, 4) is 0 Å². The number of carbonyl (C=O) groups is 2. The smallest absolute Gasteiger partial charge is 0.234 e. The van der Waals surface area contributed by atoms with Gasteiger partial charge in [-0.2, -0.15) is 0 Å². The number of rotatable bonds is 4. The molecule has 0 bridgehead atoms. The second-order valence-electron chi connectivity index (χ2n) is 5.59. The molecule has 118 valence electrons. The summed E-state index contributed by atoms with van der Waals surface area (Å²) in [5, 5.41) is 3.28. The fraction of sp³-hybridized carbons (Fsp3) is 0.278. The van der Waals surface area contributed by atoms with Gasteiger partial charge in [0.15, 0.2) is 0 Å². The predicted molar refractivity (Wildman–Crippen MR) is 89.4 cm³/mol. The van der Waals surface area contributed by atoms with Crippen LogP contribution in [0.5, 0.6) is 0 Å². The standard InChI is InChI=1S/C18H19N3O2/c1-13(22)21(16-4-2-3-15-9-12-20-18(15)16)17(23)6-5-14-7-10-19-11-8-14/h2-4,7-8,10-11,20H,5-6,9,12H2,1H3. The van der Waals surface area contributed by atoms with E-state index in [-0.39, 0.29) is 18.2 Å². The molecule has 2 aromatic rings. The van der Waals surface area contributed by atoms with Crippen LogP contribution in [0.1, 0.15) is 24.5 Å². The van der Waals surface area contributed by atoms with Crippen LogP contribution in [0, 0.1) is 0 Å². The summed E-state index contributed by atoms with van der Waals surface area (Å²) in [7, 11) is 0. The van der Waals surface area contributed by atoms with Crippen molar-refractivity contribution in [3.05, 3.63) is 53.9 Å². The summed E-state index contributed by atoms with van der Waals surface area (Å²) in [5.41, 5.74) is 3.75. The normalized spacial score (nSPS) is 12.4. The van der Waals surface area contributed by atoms with Gasteiger partial charge in [0.25, 0.3) is 0 Å². The minimum atomic E-state index is -0.258. The van der Waals surface area contributed by atoms with Gasteiger partial charge in [-0.05, 0) is 42.2 Å². The predicted octanol–water partition coefficient (Wildman–Crippen LogP) is 2.56. The Morgan fingerprint density at radius 1 is 1.22 bits per heavy atom. The number of anilines is 2. The number of benzene rings is 1. The van der Waals surface area contributed by atoms with Crippen LogP contribution in [0.4, 0.5) is 11.4 Å². The average molecular weight is 309 g/mol. The van der Waals surface area contributed by atoms with Crippen molar-refractivity contribution in [2.45, 2.75) is 26.2 Å². The average Bonchev–Trinajstić information content (AvgIpc) is 3.03. The molecular weight excluding hydrogens is 290 g/mol. The lowest BCUT2D eigenvalue weighted by atomic mass is 10.1. The van der Waals surface area contributed by atoms with Crippen molar-refractivity contribution in [3.63, 3.8) is 0 Å². The SMILES string of the molecule is CC(=O)N(C(=O)CCc1ccncc1)c1cccc2c1NCC2. The number of pyridine rings is 1. The lowest BCUT2D eigenvalue weighted by molar-refractivity contribution is -0.125. The highest BCUT2D eigenvalue weighted by atomic mass is 16.2. The summed E-state index contributed by atoms with van der Waals surface area (Å²) in [6.07, 6.45) is 5.20. The molecule has 0 atom stereocenters. The Balaban J connectivity index is 1.81. The van der Waals surface area contributed by atoms with Gasteiger partial charge in [-0.3, -0.25) is 14.6 Å². The number of aryl methyl sites for hydroxylation is 1. The van der Waals surface area contributed by atoms with E-state index < -0.39 is 0 Å². The molecular formula is C18H19N3O2. The van der Waals surface area contributed by atoms with E-state index in [0.717, 1.165) is 29.8 Å². The van der Waals surface area contributed by atoms with Gasteiger partial charge in [-0.1, -0.05) is 12.1 Å². The lowest BCUT2D eigenvalue weighted by Crippen LogP contribution is -2.35. The molecule has 0 aliphatic carbocycles. The molecule has 1 aromatic carbocycles. The third-order valence-electron chi connectivity index (χ3n) is 4.01. The van der Waals surface area contributed by atoms with Gasteiger partial charge in [-0.15, -0.1) is 0 Å². The zero-order valence-corrected chi connectivity index (χ0v) is 13.1. The van der Waals surface area contributed by atoms with Crippen LogP contribution in [0.15, 0.2) is 42.7 Å². The summed E-state index contributed by atoms with van der Waals surface area (Å²) < 4.78 is 0. The summed E-state index contributed by atoms with van der Waals surface area (Å²) in [6, 6.07) is 9.51. The van der Waals surface area contributed by atoms with Gasteiger partial charge in [0.2, 0.25) is 11.8 Å². The van der Waals surface area contributed by atoms with Crippen LogP contribution < -0.4 is 10.2 Å². The highest BCUT2D eigenvalue weighted by molar-refractivity contribution is 6.16. The van der Waals surface area contributed by atoms with Gasteiger partial charge >= 0.3 is 0 Å². The van der Waals surface area contributed by atoms with Crippen molar-refractivity contribution in [1.29, 1.82) is 0 Å². The van der Waals surface area contributed by atoms with Gasteiger partial charge in [0.05, 0.1) is 11.4 Å². The molecule has 1 N–H and O–H groups in total. The van der Waals surface area contributed by atoms with E-state index in [9.17, 15) is 9.59 Å². The minimum absolute atomic E-state index is 0.184. The highest BCUT2D eigenvalue weighted by Gasteiger charge is 2.25. The first-order valence-corrected chi connectivity index (χ1v) is 7.75. The Labute approximate surface area is 135 Å². The van der Waals surface area contributed by atoms with Crippen LogP contribution in [0.3, 0.4) is 0 Å². The summed E-state index contributed by atoms with van der Waals surface area (Å²) in [5.74, 6) is -0.441. The molecule has 2 amide bonds. The summed E-state index contributed by atoms with van der Waals surface area (Å²) >= 11 is 0. The third kappa shape index (κ3) is 3.23. The number of nitrogens with one attached hydrogen (secondary N) is 1. The maximum absolute atomic E-state index is 12.6. The van der Waals surface area contributed by atoms with Crippen LogP contribution >= 0.6 is 0 Å². The van der Waals surface area contributed by atoms with E-state index in [1.54, 1.807) is 12.4 Å². The lowest BCUT2D eigenvalue weighted by Gasteiger charge is -2.22. The van der Waals surface area contributed by atoms with E-state index in [0.29, 0.717) is 12.1 Å². The van der Waals surface area contributed by atoms with Crippen LogP contribution in [-0.2, 0) is 22.4 Å². The second kappa shape index (κ2) is 6.60.